The molecular formula is C17H27BrN2S. The SMILES string of the molecule is CCNC(c1sccc1Br)C1(N2CCCCC2)CCCC1. The molecule has 0 amide bonds. The monoisotopic (exact) mass is 370 g/mol. The van der Waals surface area contributed by atoms with E-state index in [9.17, 15) is 0 Å². The Morgan fingerprint density at radius 2 is 1.95 bits per heavy atom. The minimum atomic E-state index is 0.351. The maximum absolute atomic E-state index is 3.84. The van der Waals surface area contributed by atoms with Gasteiger partial charge in [-0.15, -0.1) is 11.3 Å². The second-order valence-corrected chi connectivity index (χ2v) is 8.28. The predicted molar refractivity (Wildman–Crippen MR) is 95.1 cm³/mol. The lowest BCUT2D eigenvalue weighted by Gasteiger charge is -2.48. The average molecular weight is 371 g/mol. The molecule has 0 aromatic carbocycles. The van der Waals surface area contributed by atoms with Crippen molar-refractivity contribution in [3.05, 3.63) is 20.8 Å². The number of piperidine rings is 1. The van der Waals surface area contributed by atoms with Gasteiger partial charge in [0, 0.05) is 14.9 Å². The highest BCUT2D eigenvalue weighted by Crippen LogP contribution is 2.48. The third-order valence-corrected chi connectivity index (χ3v) is 7.24. The Balaban J connectivity index is 1.94. The Bertz CT molecular complexity index is 447. The lowest BCUT2D eigenvalue weighted by atomic mass is 9.83. The minimum absolute atomic E-state index is 0.351. The van der Waals surface area contributed by atoms with Crippen molar-refractivity contribution in [3.63, 3.8) is 0 Å². The van der Waals surface area contributed by atoms with Gasteiger partial charge in [-0.2, -0.15) is 0 Å². The van der Waals surface area contributed by atoms with Crippen molar-refractivity contribution in [1.82, 2.24) is 10.2 Å². The molecule has 1 saturated carbocycles. The maximum Gasteiger partial charge on any atom is 0.0613 e. The molecule has 1 aromatic heterocycles. The van der Waals surface area contributed by atoms with Gasteiger partial charge in [-0.05, 0) is 72.7 Å². The zero-order valence-electron chi connectivity index (χ0n) is 13.0. The van der Waals surface area contributed by atoms with Gasteiger partial charge >= 0.3 is 0 Å². The maximum atomic E-state index is 3.84. The Morgan fingerprint density at radius 1 is 1.24 bits per heavy atom. The molecule has 21 heavy (non-hydrogen) atoms. The standard InChI is InChI=1S/C17H27BrN2S/c1-2-19-16(15-14(18)8-13-21-15)17(9-4-5-10-17)20-11-6-3-7-12-20/h8,13,16,19H,2-7,9-12H2,1H3. The van der Waals surface area contributed by atoms with E-state index in [1.54, 1.807) is 0 Å². The molecule has 1 aromatic rings. The van der Waals surface area contributed by atoms with Crippen LogP contribution in [0.4, 0.5) is 0 Å². The summed E-state index contributed by atoms with van der Waals surface area (Å²) >= 11 is 5.70. The first-order valence-corrected chi connectivity index (χ1v) is 10.2. The zero-order chi connectivity index (χ0) is 14.7. The molecule has 2 heterocycles. The van der Waals surface area contributed by atoms with E-state index in [2.05, 4.69) is 44.5 Å². The number of likely N-dealkylation sites (N-methyl/N-ethyl adjacent to an activating group) is 1. The molecule has 2 aliphatic rings. The number of halogens is 1. The molecule has 1 unspecified atom stereocenters. The minimum Gasteiger partial charge on any atom is -0.308 e. The van der Waals surface area contributed by atoms with Crippen LogP contribution >= 0.6 is 27.3 Å². The van der Waals surface area contributed by atoms with E-state index in [-0.39, 0.29) is 0 Å². The van der Waals surface area contributed by atoms with Crippen LogP contribution in [0.15, 0.2) is 15.9 Å². The van der Waals surface area contributed by atoms with Crippen molar-refractivity contribution >= 4 is 27.3 Å². The average Bonchev–Trinajstić information content (AvgIpc) is 3.16. The van der Waals surface area contributed by atoms with Gasteiger partial charge in [0.25, 0.3) is 0 Å². The summed E-state index contributed by atoms with van der Waals surface area (Å²) in [7, 11) is 0. The van der Waals surface area contributed by atoms with E-state index in [4.69, 9.17) is 0 Å². The number of rotatable bonds is 5. The van der Waals surface area contributed by atoms with E-state index < -0.39 is 0 Å². The second-order valence-electron chi connectivity index (χ2n) is 6.48. The zero-order valence-corrected chi connectivity index (χ0v) is 15.4. The lowest BCUT2D eigenvalue weighted by Crippen LogP contribution is -2.56. The number of hydrogen-bond donors (Lipinski definition) is 1. The fourth-order valence-corrected chi connectivity index (χ4v) is 6.14. The van der Waals surface area contributed by atoms with E-state index in [1.807, 2.05) is 11.3 Å². The van der Waals surface area contributed by atoms with Gasteiger partial charge in [-0.3, -0.25) is 4.90 Å². The summed E-state index contributed by atoms with van der Waals surface area (Å²) in [5.74, 6) is 0. The number of likely N-dealkylation sites (tertiary alicyclic amines) is 1. The van der Waals surface area contributed by atoms with E-state index in [1.165, 1.54) is 67.4 Å². The molecule has 1 aliphatic heterocycles. The summed E-state index contributed by atoms with van der Waals surface area (Å²) in [6.45, 7) is 5.88. The number of hydrogen-bond acceptors (Lipinski definition) is 3. The molecule has 2 fully saturated rings. The van der Waals surface area contributed by atoms with Crippen molar-refractivity contribution in [2.24, 2.45) is 0 Å². The third kappa shape index (κ3) is 3.10. The molecule has 118 valence electrons. The van der Waals surface area contributed by atoms with Crippen LogP contribution in [0.3, 0.4) is 0 Å². The summed E-state index contributed by atoms with van der Waals surface area (Å²) in [6, 6.07) is 2.70. The third-order valence-electron chi connectivity index (χ3n) is 5.31. The molecule has 2 nitrogen and oxygen atoms in total. The van der Waals surface area contributed by atoms with Crippen LogP contribution in [0.2, 0.25) is 0 Å². The Labute approximate surface area is 141 Å². The van der Waals surface area contributed by atoms with Gasteiger partial charge in [0.05, 0.1) is 6.04 Å². The highest BCUT2D eigenvalue weighted by atomic mass is 79.9. The van der Waals surface area contributed by atoms with Crippen molar-refractivity contribution in [2.75, 3.05) is 19.6 Å². The first-order valence-electron chi connectivity index (χ1n) is 8.49. The molecule has 0 spiro atoms. The number of nitrogens with one attached hydrogen (secondary N) is 1. The van der Waals surface area contributed by atoms with Crippen LogP contribution in [0.1, 0.15) is 62.8 Å². The molecule has 3 rings (SSSR count). The van der Waals surface area contributed by atoms with Gasteiger partial charge in [0.15, 0.2) is 0 Å². The van der Waals surface area contributed by atoms with Crippen LogP contribution in [-0.2, 0) is 0 Å². The van der Waals surface area contributed by atoms with Crippen LogP contribution in [0.25, 0.3) is 0 Å². The molecule has 4 heteroatoms. The quantitative estimate of drug-likeness (QED) is 0.787. The summed E-state index contributed by atoms with van der Waals surface area (Å²) in [4.78, 5) is 4.34. The van der Waals surface area contributed by atoms with E-state index >= 15 is 0 Å². The smallest absolute Gasteiger partial charge is 0.0613 e. The van der Waals surface area contributed by atoms with Gasteiger partial charge in [0.2, 0.25) is 0 Å². The summed E-state index contributed by atoms with van der Waals surface area (Å²) in [5.41, 5.74) is 0.351. The normalized spacial score (nSPS) is 24.3. The largest absolute Gasteiger partial charge is 0.308 e. The van der Waals surface area contributed by atoms with Gasteiger partial charge in [-0.1, -0.05) is 26.2 Å². The lowest BCUT2D eigenvalue weighted by molar-refractivity contribution is 0.0374. The summed E-state index contributed by atoms with van der Waals surface area (Å²) < 4.78 is 1.29. The first kappa shape index (κ1) is 16.0. The van der Waals surface area contributed by atoms with E-state index in [0.717, 1.165) is 6.54 Å². The highest BCUT2D eigenvalue weighted by molar-refractivity contribution is 9.10. The van der Waals surface area contributed by atoms with Crippen LogP contribution in [-0.4, -0.2) is 30.1 Å². The van der Waals surface area contributed by atoms with Crippen LogP contribution < -0.4 is 5.32 Å². The first-order chi connectivity index (χ1) is 10.3. The fraction of sp³-hybridized carbons (Fsp3) is 0.765. The fourth-order valence-electron chi connectivity index (χ4n) is 4.36. The molecule has 1 N–H and O–H groups in total. The highest BCUT2D eigenvalue weighted by Gasteiger charge is 2.47. The Kier molecular flexibility index (Phi) is 5.41. The van der Waals surface area contributed by atoms with E-state index in [0.29, 0.717) is 11.6 Å². The molecular weight excluding hydrogens is 344 g/mol. The second kappa shape index (κ2) is 7.12. The summed E-state index contributed by atoms with van der Waals surface area (Å²) in [5, 5.41) is 6.07. The van der Waals surface area contributed by atoms with Crippen LogP contribution in [0, 0.1) is 0 Å². The topological polar surface area (TPSA) is 15.3 Å². The summed E-state index contributed by atoms with van der Waals surface area (Å²) in [6.07, 6.45) is 9.67. The molecule has 0 radical (unpaired) electrons. The van der Waals surface area contributed by atoms with Crippen molar-refractivity contribution in [3.8, 4) is 0 Å². The van der Waals surface area contributed by atoms with Crippen molar-refractivity contribution < 1.29 is 0 Å². The van der Waals surface area contributed by atoms with Crippen molar-refractivity contribution in [1.29, 1.82) is 0 Å². The van der Waals surface area contributed by atoms with Gasteiger partial charge in [0.1, 0.15) is 0 Å². The van der Waals surface area contributed by atoms with Crippen LogP contribution in [0.5, 0.6) is 0 Å². The predicted octanol–water partition coefficient (Wildman–Crippen LogP) is 4.96. The number of nitrogens with zero attached hydrogens (tertiary/aromatic N) is 1. The Morgan fingerprint density at radius 3 is 2.52 bits per heavy atom. The molecule has 1 atom stereocenters. The van der Waals surface area contributed by atoms with Gasteiger partial charge in [-0.25, -0.2) is 0 Å². The Hall–Kier alpha value is 0.1000. The molecule has 1 aliphatic carbocycles. The molecule has 1 saturated heterocycles. The number of thiophene rings is 1. The van der Waals surface area contributed by atoms with Crippen molar-refractivity contribution in [2.45, 2.75) is 63.5 Å². The van der Waals surface area contributed by atoms with Gasteiger partial charge < -0.3 is 5.32 Å². The molecule has 0 bridgehead atoms.